The van der Waals surface area contributed by atoms with E-state index in [1.807, 2.05) is 31.3 Å². The number of benzene rings is 5. The molecule has 0 saturated carbocycles. The van der Waals surface area contributed by atoms with Gasteiger partial charge in [0.25, 0.3) is 0 Å². The summed E-state index contributed by atoms with van der Waals surface area (Å²) in [7, 11) is 0. The second-order valence-electron chi connectivity index (χ2n) is 10.5. The Labute approximate surface area is 251 Å². The van der Waals surface area contributed by atoms with Gasteiger partial charge in [0.2, 0.25) is 0 Å². The smallest absolute Gasteiger partial charge is 0.137 e. The standard InChI is InChI=1S/C35H23N3.C5H8/c1-3-9-24(10-4-1)26-15-16-35(36-23-26)38-32-14-8-7-13-30(32)31-20-28-21-33-25(19-27(28)22-34(31)38)17-18-37(33)29-11-5-2-6-12-29;1-3-5-4-2/h1-23H;3-5H,1H2,2H3/b;5-4-. The summed E-state index contributed by atoms with van der Waals surface area (Å²) in [6.07, 6.45) is 9.71. The highest BCUT2D eigenvalue weighted by molar-refractivity contribution is 6.14. The molecule has 43 heavy (non-hydrogen) atoms. The molecule has 8 rings (SSSR count). The molecule has 0 saturated heterocycles. The average Bonchev–Trinajstić information content (AvgIpc) is 3.62. The number of fused-ring (bicyclic) bond motifs is 5. The van der Waals surface area contributed by atoms with Gasteiger partial charge in [0.1, 0.15) is 5.82 Å². The molecule has 0 atom stereocenters. The highest BCUT2D eigenvalue weighted by Gasteiger charge is 2.15. The van der Waals surface area contributed by atoms with Crippen molar-refractivity contribution in [2.45, 2.75) is 6.92 Å². The minimum Gasteiger partial charge on any atom is -0.317 e. The molecule has 3 aromatic heterocycles. The van der Waals surface area contributed by atoms with Gasteiger partial charge in [0.05, 0.1) is 16.6 Å². The molecular weight excluding hydrogens is 522 g/mol. The van der Waals surface area contributed by atoms with Crippen molar-refractivity contribution in [2.24, 2.45) is 0 Å². The molecule has 3 heterocycles. The molecule has 0 fully saturated rings. The SMILES string of the molecule is C=C/C=C\C.c1ccc(-c2ccc(-n3c4ccccc4c4cc5cc6c(ccn6-c6ccccc6)cc5cc43)nc2)cc1. The largest absolute Gasteiger partial charge is 0.317 e. The summed E-state index contributed by atoms with van der Waals surface area (Å²) in [6.45, 7) is 5.42. The van der Waals surface area contributed by atoms with Crippen LogP contribution in [0.5, 0.6) is 0 Å². The van der Waals surface area contributed by atoms with Gasteiger partial charge in [-0.3, -0.25) is 4.57 Å². The van der Waals surface area contributed by atoms with Crippen molar-refractivity contribution >= 4 is 43.5 Å². The Morgan fingerprint density at radius 2 is 1.33 bits per heavy atom. The van der Waals surface area contributed by atoms with E-state index in [-0.39, 0.29) is 0 Å². The zero-order valence-electron chi connectivity index (χ0n) is 24.1. The molecule has 8 aromatic rings. The molecule has 0 aliphatic heterocycles. The van der Waals surface area contributed by atoms with E-state index in [0.29, 0.717) is 0 Å². The van der Waals surface area contributed by atoms with E-state index in [0.717, 1.165) is 16.9 Å². The number of hydrogen-bond donors (Lipinski definition) is 0. The third-order valence-corrected chi connectivity index (χ3v) is 7.89. The van der Waals surface area contributed by atoms with Crippen LogP contribution in [0.3, 0.4) is 0 Å². The maximum atomic E-state index is 4.92. The number of aromatic nitrogens is 3. The lowest BCUT2D eigenvalue weighted by atomic mass is 10.0. The zero-order chi connectivity index (χ0) is 29.2. The summed E-state index contributed by atoms with van der Waals surface area (Å²) in [5.41, 5.74) is 7.00. The van der Waals surface area contributed by atoms with Crippen molar-refractivity contribution in [1.82, 2.24) is 14.1 Å². The average molecular weight is 554 g/mol. The molecule has 0 aliphatic carbocycles. The second kappa shape index (κ2) is 11.3. The molecule has 0 amide bonds. The lowest BCUT2D eigenvalue weighted by Crippen LogP contribution is -1.97. The van der Waals surface area contributed by atoms with Crippen LogP contribution >= 0.6 is 0 Å². The van der Waals surface area contributed by atoms with Gasteiger partial charge in [-0.25, -0.2) is 4.98 Å². The number of rotatable bonds is 4. The molecule has 0 aliphatic rings. The van der Waals surface area contributed by atoms with E-state index in [1.54, 1.807) is 6.08 Å². The van der Waals surface area contributed by atoms with E-state index >= 15 is 0 Å². The van der Waals surface area contributed by atoms with Gasteiger partial charge in [-0.2, -0.15) is 0 Å². The first-order valence-electron chi connectivity index (χ1n) is 14.5. The molecule has 3 heteroatoms. The summed E-state index contributed by atoms with van der Waals surface area (Å²) in [4.78, 5) is 4.92. The van der Waals surface area contributed by atoms with Crippen LogP contribution in [0.4, 0.5) is 0 Å². The number of allylic oxidation sites excluding steroid dienone is 3. The van der Waals surface area contributed by atoms with Crippen LogP contribution in [-0.2, 0) is 0 Å². The summed E-state index contributed by atoms with van der Waals surface area (Å²) in [5.74, 6) is 0.923. The van der Waals surface area contributed by atoms with E-state index in [2.05, 4.69) is 143 Å². The molecule has 0 N–H and O–H groups in total. The molecule has 0 radical (unpaired) electrons. The molecular formula is C40H31N3. The van der Waals surface area contributed by atoms with Gasteiger partial charge in [-0.15, -0.1) is 0 Å². The molecule has 206 valence electrons. The van der Waals surface area contributed by atoms with E-state index in [1.165, 1.54) is 49.2 Å². The molecule has 0 unspecified atom stereocenters. The maximum Gasteiger partial charge on any atom is 0.137 e. The van der Waals surface area contributed by atoms with Gasteiger partial charge in [0.15, 0.2) is 0 Å². The Kier molecular flexibility index (Phi) is 6.90. The topological polar surface area (TPSA) is 22.8 Å². The van der Waals surface area contributed by atoms with Crippen LogP contribution < -0.4 is 0 Å². The van der Waals surface area contributed by atoms with Crippen LogP contribution in [0.1, 0.15) is 6.92 Å². The van der Waals surface area contributed by atoms with Gasteiger partial charge in [0, 0.05) is 39.8 Å². The second-order valence-corrected chi connectivity index (χ2v) is 10.5. The van der Waals surface area contributed by atoms with Crippen molar-refractivity contribution in [3.05, 3.63) is 165 Å². The lowest BCUT2D eigenvalue weighted by molar-refractivity contribution is 1.08. The minimum atomic E-state index is 0.923. The third kappa shape index (κ3) is 4.81. The van der Waals surface area contributed by atoms with Crippen LogP contribution in [0.25, 0.3) is 66.1 Å². The first-order valence-corrected chi connectivity index (χ1v) is 14.5. The highest BCUT2D eigenvalue weighted by Crippen LogP contribution is 2.36. The molecule has 3 nitrogen and oxygen atoms in total. The molecule has 0 spiro atoms. The number of pyridine rings is 1. The zero-order valence-corrected chi connectivity index (χ0v) is 24.1. The quantitative estimate of drug-likeness (QED) is 0.199. The monoisotopic (exact) mass is 553 g/mol. The first kappa shape index (κ1) is 26.2. The summed E-state index contributed by atoms with van der Waals surface area (Å²) in [5, 5.41) is 6.15. The fourth-order valence-corrected chi connectivity index (χ4v) is 5.86. The summed E-state index contributed by atoms with van der Waals surface area (Å²) < 4.78 is 4.55. The van der Waals surface area contributed by atoms with Crippen LogP contribution in [0, 0.1) is 0 Å². The molecule has 5 aromatic carbocycles. The minimum absolute atomic E-state index is 0.923. The van der Waals surface area contributed by atoms with E-state index in [4.69, 9.17) is 4.98 Å². The maximum absolute atomic E-state index is 4.92. The normalized spacial score (nSPS) is 11.4. The Balaban J connectivity index is 0.000000558. The Morgan fingerprint density at radius 3 is 2.05 bits per heavy atom. The van der Waals surface area contributed by atoms with Gasteiger partial charge in [-0.05, 0) is 83.9 Å². The Morgan fingerprint density at radius 1 is 0.605 bits per heavy atom. The summed E-state index contributed by atoms with van der Waals surface area (Å²) in [6, 6.07) is 45.3. The van der Waals surface area contributed by atoms with Gasteiger partial charge in [-0.1, -0.05) is 91.5 Å². The first-order chi connectivity index (χ1) is 21.2. The summed E-state index contributed by atoms with van der Waals surface area (Å²) >= 11 is 0. The molecule has 0 bridgehead atoms. The van der Waals surface area contributed by atoms with Gasteiger partial charge >= 0.3 is 0 Å². The van der Waals surface area contributed by atoms with Crippen LogP contribution in [0.15, 0.2) is 165 Å². The number of para-hydroxylation sites is 2. The van der Waals surface area contributed by atoms with Crippen molar-refractivity contribution in [3.8, 4) is 22.6 Å². The third-order valence-electron chi connectivity index (χ3n) is 7.89. The van der Waals surface area contributed by atoms with Gasteiger partial charge < -0.3 is 4.57 Å². The fourth-order valence-electron chi connectivity index (χ4n) is 5.86. The predicted molar refractivity (Wildman–Crippen MR) is 183 cm³/mol. The van der Waals surface area contributed by atoms with Crippen molar-refractivity contribution < 1.29 is 0 Å². The lowest BCUT2D eigenvalue weighted by Gasteiger charge is -2.09. The van der Waals surface area contributed by atoms with Crippen LogP contribution in [0.2, 0.25) is 0 Å². The predicted octanol–water partition coefficient (Wildman–Crippen LogP) is 10.7. The van der Waals surface area contributed by atoms with Crippen molar-refractivity contribution in [1.29, 1.82) is 0 Å². The van der Waals surface area contributed by atoms with Crippen molar-refractivity contribution in [2.75, 3.05) is 0 Å². The van der Waals surface area contributed by atoms with E-state index in [9.17, 15) is 0 Å². The Bertz CT molecular complexity index is 2230. The number of hydrogen-bond acceptors (Lipinski definition) is 1. The fraction of sp³-hybridized carbons (Fsp3) is 0.0250. The number of nitrogens with zero attached hydrogens (tertiary/aromatic N) is 3. The Hall–Kier alpha value is -5.67. The van der Waals surface area contributed by atoms with Crippen LogP contribution in [-0.4, -0.2) is 14.1 Å². The van der Waals surface area contributed by atoms with E-state index < -0.39 is 0 Å². The van der Waals surface area contributed by atoms with Crippen molar-refractivity contribution in [3.63, 3.8) is 0 Å². The highest BCUT2D eigenvalue weighted by atomic mass is 15.1.